The average molecular weight is 289 g/mol. The maximum Gasteiger partial charge on any atom is 0.0902 e. The highest BCUT2D eigenvalue weighted by atomic mass is 35.5. The molecule has 0 aromatic heterocycles. The third kappa shape index (κ3) is 6.64. The molecule has 0 N–H and O–H groups in total. The van der Waals surface area contributed by atoms with Gasteiger partial charge in [-0.3, -0.25) is 0 Å². The van der Waals surface area contributed by atoms with E-state index in [9.17, 15) is 0 Å². The lowest BCUT2D eigenvalue weighted by Crippen LogP contribution is -2.24. The molecule has 0 heterocycles. The van der Waals surface area contributed by atoms with E-state index in [-0.39, 0.29) is 12.2 Å². The Morgan fingerprint density at radius 1 is 1.17 bits per heavy atom. The summed E-state index contributed by atoms with van der Waals surface area (Å²) in [5.74, 6) is 0.891. The number of hydrogen-bond donors (Lipinski definition) is 0. The van der Waals surface area contributed by atoms with Crippen LogP contribution in [0, 0.1) is 0 Å². The van der Waals surface area contributed by atoms with E-state index in [2.05, 4.69) is 0 Å². The van der Waals surface area contributed by atoms with Crippen molar-refractivity contribution in [1.82, 2.24) is 0 Å². The molecule has 0 saturated heterocycles. The van der Waals surface area contributed by atoms with Crippen molar-refractivity contribution in [2.45, 2.75) is 37.9 Å². The molecule has 0 radical (unpaired) electrons. The molecule has 1 aromatic carbocycles. The Morgan fingerprint density at radius 2 is 1.83 bits per heavy atom. The Hall–Kier alpha value is -0.220. The van der Waals surface area contributed by atoms with Crippen molar-refractivity contribution in [3.8, 4) is 0 Å². The summed E-state index contributed by atoms with van der Waals surface area (Å²) in [4.78, 5) is 1.20. The zero-order valence-electron chi connectivity index (χ0n) is 11.2. The Bertz CT molecular complexity index is 327. The Balaban J connectivity index is 2.38. The summed E-state index contributed by atoms with van der Waals surface area (Å²) in [6.45, 7) is 7.44. The van der Waals surface area contributed by atoms with Gasteiger partial charge in [-0.15, -0.1) is 11.8 Å². The molecule has 0 spiro atoms. The lowest BCUT2D eigenvalue weighted by atomic mass is 10.4. The van der Waals surface area contributed by atoms with E-state index in [1.807, 2.05) is 45.0 Å². The van der Waals surface area contributed by atoms with E-state index < -0.39 is 0 Å². The SMILES string of the molecule is CCOC(COC(C)C)CSc1ccc(Cl)cc1. The molecule has 1 rings (SSSR count). The van der Waals surface area contributed by atoms with Gasteiger partial charge in [-0.1, -0.05) is 11.6 Å². The van der Waals surface area contributed by atoms with E-state index in [1.165, 1.54) is 4.90 Å². The standard InChI is InChI=1S/C14H21ClO2S/c1-4-16-13(9-17-11(2)3)10-18-14-7-5-12(15)6-8-14/h5-8,11,13H,4,9-10H2,1-3H3. The predicted octanol–water partition coefficient (Wildman–Crippen LogP) is 4.26. The maximum atomic E-state index is 5.85. The van der Waals surface area contributed by atoms with E-state index >= 15 is 0 Å². The van der Waals surface area contributed by atoms with Gasteiger partial charge in [0.25, 0.3) is 0 Å². The topological polar surface area (TPSA) is 18.5 Å². The molecule has 0 aliphatic rings. The molecule has 0 aliphatic heterocycles. The molecule has 0 fully saturated rings. The van der Waals surface area contributed by atoms with Crippen LogP contribution >= 0.6 is 23.4 Å². The van der Waals surface area contributed by atoms with E-state index in [0.717, 1.165) is 10.8 Å². The molecule has 102 valence electrons. The summed E-state index contributed by atoms with van der Waals surface area (Å²) in [6, 6.07) is 7.87. The number of ether oxygens (including phenoxy) is 2. The highest BCUT2D eigenvalue weighted by Gasteiger charge is 2.10. The van der Waals surface area contributed by atoms with Gasteiger partial charge in [0.2, 0.25) is 0 Å². The summed E-state index contributed by atoms with van der Waals surface area (Å²) in [6.07, 6.45) is 0.381. The van der Waals surface area contributed by atoms with Gasteiger partial charge < -0.3 is 9.47 Å². The van der Waals surface area contributed by atoms with Gasteiger partial charge >= 0.3 is 0 Å². The molecular formula is C14H21ClO2S. The van der Waals surface area contributed by atoms with Crippen molar-refractivity contribution in [2.24, 2.45) is 0 Å². The molecule has 1 atom stereocenters. The minimum atomic E-state index is 0.137. The van der Waals surface area contributed by atoms with Crippen molar-refractivity contribution in [2.75, 3.05) is 19.0 Å². The van der Waals surface area contributed by atoms with Crippen molar-refractivity contribution < 1.29 is 9.47 Å². The van der Waals surface area contributed by atoms with Crippen LogP contribution in [0.25, 0.3) is 0 Å². The first-order valence-corrected chi connectivity index (χ1v) is 7.59. The van der Waals surface area contributed by atoms with Crippen LogP contribution in [-0.2, 0) is 9.47 Å². The fourth-order valence-electron chi connectivity index (χ4n) is 1.40. The fourth-order valence-corrected chi connectivity index (χ4v) is 2.43. The zero-order valence-corrected chi connectivity index (χ0v) is 12.8. The lowest BCUT2D eigenvalue weighted by molar-refractivity contribution is -0.0201. The van der Waals surface area contributed by atoms with Crippen LogP contribution in [-0.4, -0.2) is 31.2 Å². The summed E-state index contributed by atoms with van der Waals surface area (Å²) < 4.78 is 11.3. The van der Waals surface area contributed by atoms with Crippen molar-refractivity contribution >= 4 is 23.4 Å². The minimum Gasteiger partial charge on any atom is -0.376 e. The molecule has 2 nitrogen and oxygen atoms in total. The third-order valence-corrected chi connectivity index (χ3v) is 3.66. The molecule has 4 heteroatoms. The molecule has 18 heavy (non-hydrogen) atoms. The number of benzene rings is 1. The van der Waals surface area contributed by atoms with Crippen LogP contribution in [0.1, 0.15) is 20.8 Å². The predicted molar refractivity (Wildman–Crippen MR) is 78.7 cm³/mol. The number of thioether (sulfide) groups is 1. The number of rotatable bonds is 8. The quantitative estimate of drug-likeness (QED) is 0.666. The van der Waals surface area contributed by atoms with Gasteiger partial charge in [-0.05, 0) is 45.0 Å². The molecule has 0 amide bonds. The number of hydrogen-bond acceptors (Lipinski definition) is 3. The van der Waals surface area contributed by atoms with Gasteiger partial charge in [0.05, 0.1) is 18.8 Å². The van der Waals surface area contributed by atoms with E-state index in [4.69, 9.17) is 21.1 Å². The molecule has 0 aliphatic carbocycles. The largest absolute Gasteiger partial charge is 0.376 e. The second-order valence-electron chi connectivity index (χ2n) is 4.22. The highest BCUT2D eigenvalue weighted by molar-refractivity contribution is 7.99. The summed E-state index contributed by atoms with van der Waals surface area (Å²) in [5, 5.41) is 0.767. The normalized spacial score (nSPS) is 12.9. The lowest BCUT2D eigenvalue weighted by Gasteiger charge is -2.18. The van der Waals surface area contributed by atoms with E-state index in [0.29, 0.717) is 13.2 Å². The Labute approximate surface area is 119 Å². The second kappa shape index (κ2) is 8.81. The van der Waals surface area contributed by atoms with Gasteiger partial charge in [-0.2, -0.15) is 0 Å². The minimum absolute atomic E-state index is 0.137. The first-order valence-electron chi connectivity index (χ1n) is 6.23. The van der Waals surface area contributed by atoms with Crippen molar-refractivity contribution in [3.05, 3.63) is 29.3 Å². The molecule has 1 unspecified atom stereocenters. The summed E-state index contributed by atoms with van der Waals surface area (Å²) in [7, 11) is 0. The van der Waals surface area contributed by atoms with Crippen LogP contribution in [0.3, 0.4) is 0 Å². The molecule has 0 saturated carbocycles. The third-order valence-electron chi connectivity index (χ3n) is 2.27. The van der Waals surface area contributed by atoms with Crippen molar-refractivity contribution in [1.29, 1.82) is 0 Å². The van der Waals surface area contributed by atoms with Gasteiger partial charge in [0, 0.05) is 22.3 Å². The summed E-state index contributed by atoms with van der Waals surface area (Å²) in [5.41, 5.74) is 0. The summed E-state index contributed by atoms with van der Waals surface area (Å²) >= 11 is 7.62. The van der Waals surface area contributed by atoms with Crippen LogP contribution in [0.5, 0.6) is 0 Å². The smallest absolute Gasteiger partial charge is 0.0902 e. The number of halogens is 1. The Morgan fingerprint density at radius 3 is 2.39 bits per heavy atom. The zero-order chi connectivity index (χ0) is 13.4. The molecule has 0 bridgehead atoms. The van der Waals surface area contributed by atoms with Gasteiger partial charge in [-0.25, -0.2) is 0 Å². The first-order chi connectivity index (χ1) is 8.61. The average Bonchev–Trinajstić information content (AvgIpc) is 2.34. The monoisotopic (exact) mass is 288 g/mol. The maximum absolute atomic E-state index is 5.85. The molecular weight excluding hydrogens is 268 g/mol. The Kier molecular flexibility index (Phi) is 7.75. The van der Waals surface area contributed by atoms with Gasteiger partial charge in [0.1, 0.15) is 0 Å². The van der Waals surface area contributed by atoms with Gasteiger partial charge in [0.15, 0.2) is 0 Å². The van der Waals surface area contributed by atoms with Crippen LogP contribution in [0.15, 0.2) is 29.2 Å². The highest BCUT2D eigenvalue weighted by Crippen LogP contribution is 2.21. The fraction of sp³-hybridized carbons (Fsp3) is 0.571. The van der Waals surface area contributed by atoms with Crippen molar-refractivity contribution in [3.63, 3.8) is 0 Å². The second-order valence-corrected chi connectivity index (χ2v) is 5.75. The van der Waals surface area contributed by atoms with Crippen LogP contribution in [0.2, 0.25) is 5.02 Å². The van der Waals surface area contributed by atoms with Crippen LogP contribution in [0.4, 0.5) is 0 Å². The van der Waals surface area contributed by atoms with E-state index in [1.54, 1.807) is 11.8 Å². The van der Waals surface area contributed by atoms with Crippen LogP contribution < -0.4 is 0 Å². The first kappa shape index (κ1) is 15.8. The molecule has 1 aromatic rings.